The molecule has 0 saturated heterocycles. The van der Waals surface area contributed by atoms with Crippen molar-refractivity contribution in [2.75, 3.05) is 5.32 Å². The van der Waals surface area contributed by atoms with Crippen LogP contribution < -0.4 is 10.6 Å². The van der Waals surface area contributed by atoms with E-state index in [1.165, 1.54) is 0 Å². The molecule has 0 aliphatic heterocycles. The lowest BCUT2D eigenvalue weighted by molar-refractivity contribution is 0.0946. The first-order valence-corrected chi connectivity index (χ1v) is 7.49. The molecule has 2 rings (SSSR count). The van der Waals surface area contributed by atoms with Crippen LogP contribution in [0.2, 0.25) is 5.02 Å². The van der Waals surface area contributed by atoms with E-state index in [9.17, 15) is 4.79 Å². The fourth-order valence-electron chi connectivity index (χ4n) is 1.94. The molecule has 1 heterocycles. The van der Waals surface area contributed by atoms with Crippen molar-refractivity contribution >= 4 is 23.2 Å². The highest BCUT2D eigenvalue weighted by atomic mass is 35.5. The molecular formula is C17H20ClN3O. The minimum Gasteiger partial charge on any atom is -0.379 e. The summed E-state index contributed by atoms with van der Waals surface area (Å²) in [5.41, 5.74) is 2.10. The van der Waals surface area contributed by atoms with Crippen LogP contribution in [0, 0.1) is 0 Å². The van der Waals surface area contributed by atoms with Gasteiger partial charge in [0.25, 0.3) is 5.91 Å². The molecule has 2 aromatic rings. The molecular weight excluding hydrogens is 298 g/mol. The smallest absolute Gasteiger partial charge is 0.270 e. The third-order valence-electron chi connectivity index (χ3n) is 2.91. The monoisotopic (exact) mass is 317 g/mol. The third kappa shape index (κ3) is 4.74. The molecule has 0 atom stereocenters. The molecule has 116 valence electrons. The van der Waals surface area contributed by atoms with Gasteiger partial charge >= 0.3 is 0 Å². The number of carbonyl (C=O) groups is 1. The van der Waals surface area contributed by atoms with Crippen LogP contribution in [0.25, 0.3) is 0 Å². The van der Waals surface area contributed by atoms with Crippen molar-refractivity contribution in [2.24, 2.45) is 0 Å². The van der Waals surface area contributed by atoms with E-state index in [4.69, 9.17) is 11.6 Å². The van der Waals surface area contributed by atoms with Gasteiger partial charge in [0.15, 0.2) is 0 Å². The topological polar surface area (TPSA) is 54.0 Å². The van der Waals surface area contributed by atoms with E-state index in [0.29, 0.717) is 17.3 Å². The van der Waals surface area contributed by atoms with Gasteiger partial charge in [-0.05, 0) is 44.5 Å². The molecule has 22 heavy (non-hydrogen) atoms. The Morgan fingerprint density at radius 2 is 1.91 bits per heavy atom. The molecule has 0 spiro atoms. The maximum absolute atomic E-state index is 12.1. The summed E-state index contributed by atoms with van der Waals surface area (Å²) in [6.07, 6.45) is 1.66. The van der Waals surface area contributed by atoms with Crippen molar-refractivity contribution in [3.05, 3.63) is 58.9 Å². The van der Waals surface area contributed by atoms with Crippen LogP contribution in [-0.4, -0.2) is 16.4 Å². The Hall–Kier alpha value is -2.07. The maximum atomic E-state index is 12.1. The van der Waals surface area contributed by atoms with Crippen molar-refractivity contribution in [2.45, 2.75) is 32.9 Å². The Bertz CT molecular complexity index is 648. The van der Waals surface area contributed by atoms with Crippen molar-refractivity contribution in [3.8, 4) is 0 Å². The Morgan fingerprint density at radius 1 is 1.18 bits per heavy atom. The molecule has 5 heteroatoms. The molecule has 1 aromatic carbocycles. The van der Waals surface area contributed by atoms with Gasteiger partial charge in [-0.3, -0.25) is 4.79 Å². The second-order valence-corrected chi connectivity index (χ2v) is 6.49. The van der Waals surface area contributed by atoms with Crippen LogP contribution in [0.5, 0.6) is 0 Å². The standard InChI is InChI=1S/C17H20ClN3O/c1-17(2,3)21-13-8-9-15(19-11-13)16(22)20-10-12-6-4-5-7-14(12)18/h4-9,11,21H,10H2,1-3H3,(H,20,22). The van der Waals surface area contributed by atoms with Gasteiger partial charge < -0.3 is 10.6 Å². The molecule has 0 aliphatic rings. The summed E-state index contributed by atoms with van der Waals surface area (Å²) >= 11 is 6.06. The van der Waals surface area contributed by atoms with Gasteiger partial charge in [-0.15, -0.1) is 0 Å². The second kappa shape index (κ2) is 6.79. The summed E-state index contributed by atoms with van der Waals surface area (Å²) < 4.78 is 0. The number of carbonyl (C=O) groups excluding carboxylic acids is 1. The summed E-state index contributed by atoms with van der Waals surface area (Å²) in [6, 6.07) is 11.0. The largest absolute Gasteiger partial charge is 0.379 e. The molecule has 0 radical (unpaired) electrons. The number of hydrogen-bond acceptors (Lipinski definition) is 3. The number of aromatic nitrogens is 1. The zero-order chi connectivity index (χ0) is 16.2. The lowest BCUT2D eigenvalue weighted by Crippen LogP contribution is -2.27. The Morgan fingerprint density at radius 3 is 2.50 bits per heavy atom. The Kier molecular flexibility index (Phi) is 5.03. The first-order valence-electron chi connectivity index (χ1n) is 7.11. The third-order valence-corrected chi connectivity index (χ3v) is 3.28. The van der Waals surface area contributed by atoms with Gasteiger partial charge in [0.05, 0.1) is 11.9 Å². The zero-order valence-electron chi connectivity index (χ0n) is 13.0. The van der Waals surface area contributed by atoms with Gasteiger partial charge in [0.2, 0.25) is 0 Å². The lowest BCUT2D eigenvalue weighted by atomic mass is 10.1. The molecule has 1 amide bonds. The summed E-state index contributed by atoms with van der Waals surface area (Å²) in [6.45, 7) is 6.58. The van der Waals surface area contributed by atoms with Crippen molar-refractivity contribution in [3.63, 3.8) is 0 Å². The van der Waals surface area contributed by atoms with Gasteiger partial charge in [0.1, 0.15) is 5.69 Å². The van der Waals surface area contributed by atoms with E-state index in [-0.39, 0.29) is 11.4 Å². The minimum atomic E-state index is -0.220. The maximum Gasteiger partial charge on any atom is 0.270 e. The fourth-order valence-corrected chi connectivity index (χ4v) is 2.15. The van der Waals surface area contributed by atoms with Crippen LogP contribution in [0.4, 0.5) is 5.69 Å². The van der Waals surface area contributed by atoms with Gasteiger partial charge in [0, 0.05) is 17.1 Å². The first-order chi connectivity index (χ1) is 10.3. The van der Waals surface area contributed by atoms with Crippen molar-refractivity contribution in [1.29, 1.82) is 0 Å². The quantitative estimate of drug-likeness (QED) is 0.900. The van der Waals surface area contributed by atoms with Crippen molar-refractivity contribution in [1.82, 2.24) is 10.3 Å². The number of nitrogens with zero attached hydrogens (tertiary/aromatic N) is 1. The number of nitrogens with one attached hydrogen (secondary N) is 2. The van der Waals surface area contributed by atoms with E-state index >= 15 is 0 Å². The van der Waals surface area contributed by atoms with E-state index in [0.717, 1.165) is 11.3 Å². The van der Waals surface area contributed by atoms with Crippen LogP contribution in [0.15, 0.2) is 42.6 Å². The van der Waals surface area contributed by atoms with Gasteiger partial charge in [-0.25, -0.2) is 4.98 Å². The van der Waals surface area contributed by atoms with E-state index < -0.39 is 0 Å². The summed E-state index contributed by atoms with van der Waals surface area (Å²) in [5.74, 6) is -0.220. The average Bonchev–Trinajstić information content (AvgIpc) is 2.45. The van der Waals surface area contributed by atoms with E-state index in [2.05, 4.69) is 36.4 Å². The zero-order valence-corrected chi connectivity index (χ0v) is 13.7. The van der Waals surface area contributed by atoms with Crippen LogP contribution in [-0.2, 0) is 6.54 Å². The number of amides is 1. The molecule has 0 unspecified atom stereocenters. The molecule has 0 bridgehead atoms. The number of halogens is 1. The summed E-state index contributed by atoms with van der Waals surface area (Å²) in [4.78, 5) is 16.3. The SMILES string of the molecule is CC(C)(C)Nc1ccc(C(=O)NCc2ccccc2Cl)nc1. The van der Waals surface area contributed by atoms with Crippen LogP contribution >= 0.6 is 11.6 Å². The Labute approximate surface area is 135 Å². The Balaban J connectivity index is 1.97. The molecule has 2 N–H and O–H groups in total. The predicted octanol–water partition coefficient (Wildman–Crippen LogP) is 3.88. The lowest BCUT2D eigenvalue weighted by Gasteiger charge is -2.21. The van der Waals surface area contributed by atoms with Gasteiger partial charge in [-0.2, -0.15) is 0 Å². The first kappa shape index (κ1) is 16.3. The second-order valence-electron chi connectivity index (χ2n) is 6.08. The molecule has 1 aromatic heterocycles. The van der Waals surface area contributed by atoms with Crippen LogP contribution in [0.3, 0.4) is 0 Å². The normalized spacial score (nSPS) is 11.1. The van der Waals surface area contributed by atoms with Crippen LogP contribution in [0.1, 0.15) is 36.8 Å². The van der Waals surface area contributed by atoms with Gasteiger partial charge in [-0.1, -0.05) is 29.8 Å². The molecule has 0 fully saturated rings. The summed E-state index contributed by atoms with van der Waals surface area (Å²) in [5, 5.41) is 6.76. The highest BCUT2D eigenvalue weighted by Gasteiger charge is 2.11. The number of anilines is 1. The average molecular weight is 318 g/mol. The predicted molar refractivity (Wildman–Crippen MR) is 90.2 cm³/mol. The van der Waals surface area contributed by atoms with E-state index in [1.807, 2.05) is 24.3 Å². The van der Waals surface area contributed by atoms with Crippen molar-refractivity contribution < 1.29 is 4.79 Å². The number of benzene rings is 1. The summed E-state index contributed by atoms with van der Waals surface area (Å²) in [7, 11) is 0. The van der Waals surface area contributed by atoms with E-state index in [1.54, 1.807) is 18.3 Å². The minimum absolute atomic E-state index is 0.0461. The highest BCUT2D eigenvalue weighted by Crippen LogP contribution is 2.15. The molecule has 4 nitrogen and oxygen atoms in total. The molecule has 0 aliphatic carbocycles. The number of pyridine rings is 1. The fraction of sp³-hybridized carbons (Fsp3) is 0.294. The molecule has 0 saturated carbocycles. The number of hydrogen-bond donors (Lipinski definition) is 2. The highest BCUT2D eigenvalue weighted by molar-refractivity contribution is 6.31. The number of rotatable bonds is 4.